The van der Waals surface area contributed by atoms with Gasteiger partial charge in [-0.2, -0.15) is 0 Å². The number of nitrogens with zero attached hydrogens (tertiary/aromatic N) is 4. The Kier molecular flexibility index (Phi) is 5.50. The van der Waals surface area contributed by atoms with Gasteiger partial charge in [0.05, 0.1) is 12.4 Å². The van der Waals surface area contributed by atoms with Crippen molar-refractivity contribution in [2.24, 2.45) is 9.98 Å². The molecule has 0 saturated carbocycles. The van der Waals surface area contributed by atoms with Gasteiger partial charge >= 0.3 is 0 Å². The lowest BCUT2D eigenvalue weighted by molar-refractivity contribution is 1.35. The molecule has 0 aliphatic rings. The molecule has 138 valence electrons. The van der Waals surface area contributed by atoms with Crippen LogP contribution in [0.1, 0.15) is 22.3 Å². The first-order valence-corrected chi connectivity index (χ1v) is 10.4. The molecule has 0 unspecified atom stereocenters. The van der Waals surface area contributed by atoms with Crippen LogP contribution < -0.4 is 0 Å². The summed E-state index contributed by atoms with van der Waals surface area (Å²) in [7, 11) is 0. The summed E-state index contributed by atoms with van der Waals surface area (Å²) < 4.78 is 0. The topological polar surface area (TPSA) is 50.5 Å². The second-order valence-corrected chi connectivity index (χ2v) is 8.36. The first kappa shape index (κ1) is 18.4. The second kappa shape index (κ2) is 8.37. The highest BCUT2D eigenvalue weighted by molar-refractivity contribution is 7.24. The highest BCUT2D eigenvalue weighted by Crippen LogP contribution is 2.35. The van der Waals surface area contributed by atoms with Crippen molar-refractivity contribution >= 4 is 45.1 Å². The first-order chi connectivity index (χ1) is 13.7. The maximum atomic E-state index is 4.52. The van der Waals surface area contributed by atoms with E-state index in [4.69, 9.17) is 0 Å². The summed E-state index contributed by atoms with van der Waals surface area (Å²) in [4.78, 5) is 18.0. The smallest absolute Gasteiger partial charge is 0.154 e. The van der Waals surface area contributed by atoms with Gasteiger partial charge < -0.3 is 0 Å². The Hall–Kier alpha value is -2.96. The lowest BCUT2D eigenvalue weighted by Crippen LogP contribution is -1.79. The average molecular weight is 403 g/mol. The van der Waals surface area contributed by atoms with Gasteiger partial charge in [0.2, 0.25) is 0 Å². The fraction of sp³-hybridized carbons (Fsp3) is 0.0909. The maximum absolute atomic E-state index is 4.52. The van der Waals surface area contributed by atoms with Crippen LogP contribution in [0.3, 0.4) is 0 Å². The Balaban J connectivity index is 1.45. The van der Waals surface area contributed by atoms with Crippen molar-refractivity contribution in [1.82, 2.24) is 9.97 Å². The molecule has 0 atom stereocenters. The number of hydrogen-bond donors (Lipinski definition) is 0. The average Bonchev–Trinajstić information content (AvgIpc) is 3.36. The summed E-state index contributed by atoms with van der Waals surface area (Å²) in [5.74, 6) is 0. The minimum absolute atomic E-state index is 0.857. The Morgan fingerprint density at radius 2 is 1.04 bits per heavy atom. The van der Waals surface area contributed by atoms with Gasteiger partial charge in [-0.3, -0.25) is 0 Å². The van der Waals surface area contributed by atoms with Crippen molar-refractivity contribution in [2.75, 3.05) is 0 Å². The predicted octanol–water partition coefficient (Wildman–Crippen LogP) is 6.38. The summed E-state index contributed by atoms with van der Waals surface area (Å²) in [5, 5.41) is 3.43. The molecule has 0 radical (unpaired) electrons. The normalized spacial score (nSPS) is 11.6. The van der Waals surface area contributed by atoms with E-state index in [-0.39, 0.29) is 0 Å². The minimum atomic E-state index is 0.857. The zero-order chi connectivity index (χ0) is 19.3. The first-order valence-electron chi connectivity index (χ1n) is 8.79. The molecule has 4 rings (SSSR count). The number of aliphatic imine (C=N–C) groups is 2. The maximum Gasteiger partial charge on any atom is 0.154 e. The van der Waals surface area contributed by atoms with Gasteiger partial charge in [0.15, 0.2) is 10.0 Å². The van der Waals surface area contributed by atoms with Crippen LogP contribution >= 0.6 is 22.7 Å². The van der Waals surface area contributed by atoms with Gasteiger partial charge in [0, 0.05) is 12.4 Å². The molecule has 0 bridgehead atoms. The molecule has 28 heavy (non-hydrogen) atoms. The van der Waals surface area contributed by atoms with Gasteiger partial charge in [-0.25, -0.2) is 20.0 Å². The van der Waals surface area contributed by atoms with Gasteiger partial charge in [-0.1, -0.05) is 82.3 Å². The van der Waals surface area contributed by atoms with E-state index < -0.39 is 0 Å². The molecular weight excluding hydrogens is 384 g/mol. The van der Waals surface area contributed by atoms with Gasteiger partial charge in [-0.15, -0.1) is 0 Å². The third-order valence-corrected chi connectivity index (χ3v) is 5.96. The van der Waals surface area contributed by atoms with Crippen molar-refractivity contribution in [3.8, 4) is 10.0 Å². The zero-order valence-corrected chi connectivity index (χ0v) is 17.2. The fourth-order valence-electron chi connectivity index (χ4n) is 2.43. The fourth-order valence-corrected chi connectivity index (χ4v) is 3.99. The quantitative estimate of drug-likeness (QED) is 0.363. The number of hydrogen-bond acceptors (Lipinski definition) is 6. The van der Waals surface area contributed by atoms with E-state index in [0.717, 1.165) is 31.1 Å². The highest BCUT2D eigenvalue weighted by Gasteiger charge is 2.08. The lowest BCUT2D eigenvalue weighted by Gasteiger charge is -1.93. The lowest BCUT2D eigenvalue weighted by atomic mass is 10.2. The molecular formula is C22H18N4S2. The molecule has 0 saturated heterocycles. The largest absolute Gasteiger partial charge is 0.244 e. The second-order valence-electron chi connectivity index (χ2n) is 6.35. The Bertz CT molecular complexity index is 1030. The molecule has 2 heterocycles. The van der Waals surface area contributed by atoms with Crippen LogP contribution in [0, 0.1) is 13.8 Å². The molecule has 0 amide bonds. The summed E-state index contributed by atoms with van der Waals surface area (Å²) in [5.41, 5.74) is 4.62. The van der Waals surface area contributed by atoms with Crippen LogP contribution in [0.4, 0.5) is 10.0 Å². The molecule has 0 N–H and O–H groups in total. The molecule has 4 aromatic rings. The molecule has 0 fully saturated rings. The Morgan fingerprint density at radius 3 is 1.43 bits per heavy atom. The zero-order valence-electron chi connectivity index (χ0n) is 15.5. The van der Waals surface area contributed by atoms with E-state index in [1.54, 1.807) is 12.4 Å². The Labute approximate surface area is 172 Å². The van der Waals surface area contributed by atoms with E-state index in [1.165, 1.54) is 33.8 Å². The van der Waals surface area contributed by atoms with Crippen LogP contribution in [-0.2, 0) is 0 Å². The number of aromatic nitrogens is 2. The van der Waals surface area contributed by atoms with Crippen molar-refractivity contribution in [2.45, 2.75) is 13.8 Å². The van der Waals surface area contributed by atoms with Gasteiger partial charge in [-0.05, 0) is 25.0 Å². The minimum Gasteiger partial charge on any atom is -0.244 e. The highest BCUT2D eigenvalue weighted by atomic mass is 32.1. The van der Waals surface area contributed by atoms with Crippen LogP contribution in [0.15, 0.2) is 70.9 Å². The van der Waals surface area contributed by atoms with E-state index in [0.29, 0.717) is 0 Å². The molecule has 2 aromatic heterocycles. The third-order valence-electron chi connectivity index (χ3n) is 4.01. The standard InChI is InChI=1S/C22H18N4S2/c1-15-3-7-17(8-4-15)11-23-19-13-25-21(27-19)22-26-14-20(28-22)24-12-18-9-5-16(2)6-10-18/h3-14H,1-2H3. The van der Waals surface area contributed by atoms with E-state index in [1.807, 2.05) is 12.4 Å². The number of thiazole rings is 2. The van der Waals surface area contributed by atoms with E-state index in [9.17, 15) is 0 Å². The number of rotatable bonds is 5. The van der Waals surface area contributed by atoms with Gasteiger partial charge in [0.1, 0.15) is 10.0 Å². The van der Waals surface area contributed by atoms with E-state index in [2.05, 4.69) is 82.3 Å². The SMILES string of the molecule is Cc1ccc(C=Nc2cnc(-c3ncc(N=Cc4ccc(C)cc4)s3)s2)cc1. The van der Waals surface area contributed by atoms with Crippen molar-refractivity contribution in [3.63, 3.8) is 0 Å². The number of benzene rings is 2. The van der Waals surface area contributed by atoms with E-state index >= 15 is 0 Å². The van der Waals surface area contributed by atoms with Crippen LogP contribution in [-0.4, -0.2) is 22.4 Å². The van der Waals surface area contributed by atoms with Gasteiger partial charge in [0.25, 0.3) is 0 Å². The van der Waals surface area contributed by atoms with Crippen molar-refractivity contribution in [1.29, 1.82) is 0 Å². The molecule has 4 nitrogen and oxygen atoms in total. The summed E-state index contributed by atoms with van der Waals surface area (Å²) in [6.07, 6.45) is 7.27. The summed E-state index contributed by atoms with van der Waals surface area (Å²) in [6.45, 7) is 4.15. The van der Waals surface area contributed by atoms with Crippen LogP contribution in [0.2, 0.25) is 0 Å². The predicted molar refractivity (Wildman–Crippen MR) is 120 cm³/mol. The van der Waals surface area contributed by atoms with Crippen molar-refractivity contribution < 1.29 is 0 Å². The van der Waals surface area contributed by atoms with Crippen LogP contribution in [0.25, 0.3) is 10.0 Å². The summed E-state index contributed by atoms with van der Waals surface area (Å²) >= 11 is 3.05. The van der Waals surface area contributed by atoms with Crippen LogP contribution in [0.5, 0.6) is 0 Å². The monoisotopic (exact) mass is 402 g/mol. The van der Waals surface area contributed by atoms with Crippen molar-refractivity contribution in [3.05, 3.63) is 83.2 Å². The molecule has 0 spiro atoms. The molecule has 0 aliphatic carbocycles. The Morgan fingerprint density at radius 1 is 0.643 bits per heavy atom. The molecule has 6 heteroatoms. The molecule has 0 aliphatic heterocycles. The molecule has 2 aromatic carbocycles. The third kappa shape index (κ3) is 4.65. The number of aryl methyl sites for hydroxylation is 2. The summed E-state index contributed by atoms with van der Waals surface area (Å²) in [6, 6.07) is 16.5.